The summed E-state index contributed by atoms with van der Waals surface area (Å²) >= 11 is 7.25. The van der Waals surface area contributed by atoms with E-state index in [0.717, 1.165) is 16.4 Å². The van der Waals surface area contributed by atoms with E-state index < -0.39 is 0 Å². The summed E-state index contributed by atoms with van der Waals surface area (Å²) in [7, 11) is 0. The normalized spacial score (nSPS) is 10.1. The largest absolute Gasteiger partial charge is 0.378 e. The van der Waals surface area contributed by atoms with E-state index in [9.17, 15) is 4.79 Å². The molecule has 6 heteroatoms. The van der Waals surface area contributed by atoms with Crippen molar-refractivity contribution in [3.05, 3.63) is 39.8 Å². The molecule has 2 rings (SSSR count). The van der Waals surface area contributed by atoms with Crippen LogP contribution in [0.3, 0.4) is 0 Å². The van der Waals surface area contributed by atoms with E-state index in [0.29, 0.717) is 10.9 Å². The lowest BCUT2D eigenvalue weighted by molar-refractivity contribution is -0.114. The van der Waals surface area contributed by atoms with E-state index in [1.807, 2.05) is 24.3 Å². The number of nitrogens with zero attached hydrogens (tertiary/aromatic N) is 1. The summed E-state index contributed by atoms with van der Waals surface area (Å²) in [6.45, 7) is 2.10. The molecule has 0 aliphatic heterocycles. The van der Waals surface area contributed by atoms with Crippen LogP contribution in [-0.4, -0.2) is 10.9 Å². The van der Waals surface area contributed by atoms with Gasteiger partial charge in [0.15, 0.2) is 0 Å². The predicted octanol–water partition coefficient (Wildman–Crippen LogP) is 3.37. The third-order valence-electron chi connectivity index (χ3n) is 2.15. The molecule has 2 N–H and O–H groups in total. The summed E-state index contributed by atoms with van der Waals surface area (Å²) in [6.07, 6.45) is 1.64. The van der Waals surface area contributed by atoms with Crippen LogP contribution in [0.4, 0.5) is 11.4 Å². The second kappa shape index (κ2) is 5.84. The third-order valence-corrected chi connectivity index (χ3v) is 3.27. The molecular weight excluding hydrogens is 270 g/mol. The molecule has 18 heavy (non-hydrogen) atoms. The van der Waals surface area contributed by atoms with Crippen LogP contribution in [0.15, 0.2) is 30.5 Å². The standard InChI is InChI=1S/C12H12ClN3OS/c1-8(17)16-10-4-2-3-9(5-10)14-7-12-15-6-11(13)18-12/h2-6,14H,7H2,1H3,(H,16,17). The van der Waals surface area contributed by atoms with Crippen LogP contribution in [0, 0.1) is 0 Å². The minimum absolute atomic E-state index is 0.0844. The molecule has 0 unspecified atom stereocenters. The first-order valence-electron chi connectivity index (χ1n) is 5.35. The van der Waals surface area contributed by atoms with Gasteiger partial charge in [0, 0.05) is 18.3 Å². The van der Waals surface area contributed by atoms with Crippen LogP contribution < -0.4 is 10.6 Å². The lowest BCUT2D eigenvalue weighted by Gasteiger charge is -2.07. The Morgan fingerprint density at radius 1 is 1.44 bits per heavy atom. The predicted molar refractivity (Wildman–Crippen MR) is 75.2 cm³/mol. The summed E-state index contributed by atoms with van der Waals surface area (Å²) in [4.78, 5) is 15.1. The van der Waals surface area contributed by atoms with Gasteiger partial charge in [0.05, 0.1) is 12.7 Å². The Morgan fingerprint density at radius 3 is 2.89 bits per heavy atom. The van der Waals surface area contributed by atoms with E-state index in [-0.39, 0.29) is 5.91 Å². The Bertz CT molecular complexity index is 556. The molecule has 2 aromatic rings. The van der Waals surface area contributed by atoms with Gasteiger partial charge in [-0.25, -0.2) is 4.98 Å². The Hall–Kier alpha value is -1.59. The summed E-state index contributed by atoms with van der Waals surface area (Å²) in [5, 5.41) is 6.88. The molecule has 0 aliphatic carbocycles. The van der Waals surface area contributed by atoms with Crippen molar-refractivity contribution in [2.24, 2.45) is 0 Å². The molecule has 0 bridgehead atoms. The van der Waals surface area contributed by atoms with Gasteiger partial charge in [-0.1, -0.05) is 17.7 Å². The topological polar surface area (TPSA) is 54.0 Å². The summed E-state index contributed by atoms with van der Waals surface area (Å²) in [5.74, 6) is -0.0844. The second-order valence-corrected chi connectivity index (χ2v) is 5.42. The fourth-order valence-corrected chi connectivity index (χ4v) is 2.35. The number of carbonyl (C=O) groups excluding carboxylic acids is 1. The van der Waals surface area contributed by atoms with Crippen LogP contribution in [0.2, 0.25) is 4.34 Å². The molecular formula is C12H12ClN3OS. The van der Waals surface area contributed by atoms with Crippen LogP contribution in [-0.2, 0) is 11.3 Å². The highest BCUT2D eigenvalue weighted by molar-refractivity contribution is 7.15. The van der Waals surface area contributed by atoms with Crippen LogP contribution >= 0.6 is 22.9 Å². The van der Waals surface area contributed by atoms with Crippen LogP contribution in [0.1, 0.15) is 11.9 Å². The van der Waals surface area contributed by atoms with Crippen molar-refractivity contribution in [2.45, 2.75) is 13.5 Å². The number of hydrogen-bond acceptors (Lipinski definition) is 4. The van der Waals surface area contributed by atoms with Crippen molar-refractivity contribution in [3.8, 4) is 0 Å². The fraction of sp³-hybridized carbons (Fsp3) is 0.167. The first-order valence-corrected chi connectivity index (χ1v) is 6.54. The SMILES string of the molecule is CC(=O)Nc1cccc(NCc2ncc(Cl)s2)c1. The molecule has 0 fully saturated rings. The van der Waals surface area contributed by atoms with E-state index in [1.54, 1.807) is 6.20 Å². The second-order valence-electron chi connectivity index (χ2n) is 3.67. The van der Waals surface area contributed by atoms with Gasteiger partial charge in [-0.05, 0) is 18.2 Å². The molecule has 0 radical (unpaired) electrons. The zero-order valence-electron chi connectivity index (χ0n) is 9.74. The van der Waals surface area contributed by atoms with E-state index in [4.69, 9.17) is 11.6 Å². The lowest BCUT2D eigenvalue weighted by atomic mass is 10.2. The number of halogens is 1. The number of anilines is 2. The average molecular weight is 282 g/mol. The highest BCUT2D eigenvalue weighted by Gasteiger charge is 2.01. The van der Waals surface area contributed by atoms with Gasteiger partial charge >= 0.3 is 0 Å². The highest BCUT2D eigenvalue weighted by atomic mass is 35.5. The van der Waals surface area contributed by atoms with Gasteiger partial charge in [-0.2, -0.15) is 0 Å². The van der Waals surface area contributed by atoms with Gasteiger partial charge in [0.1, 0.15) is 9.34 Å². The van der Waals surface area contributed by atoms with E-state index >= 15 is 0 Å². The van der Waals surface area contributed by atoms with Crippen LogP contribution in [0.5, 0.6) is 0 Å². The summed E-state index contributed by atoms with van der Waals surface area (Å²) < 4.78 is 0.679. The molecule has 94 valence electrons. The third kappa shape index (κ3) is 3.72. The van der Waals surface area contributed by atoms with Crippen molar-refractivity contribution >= 4 is 40.2 Å². The Kier molecular flexibility index (Phi) is 4.17. The molecule has 1 heterocycles. The van der Waals surface area contributed by atoms with Gasteiger partial charge < -0.3 is 10.6 Å². The monoisotopic (exact) mass is 281 g/mol. The molecule has 0 atom stereocenters. The summed E-state index contributed by atoms with van der Waals surface area (Å²) in [5.41, 5.74) is 1.69. The lowest BCUT2D eigenvalue weighted by Crippen LogP contribution is -2.06. The van der Waals surface area contributed by atoms with Gasteiger partial charge in [-0.15, -0.1) is 11.3 Å². The average Bonchev–Trinajstić information content (AvgIpc) is 2.72. The molecule has 1 amide bonds. The number of benzene rings is 1. The van der Waals surface area contributed by atoms with Crippen molar-refractivity contribution in [1.82, 2.24) is 4.98 Å². The Morgan fingerprint density at radius 2 is 2.22 bits per heavy atom. The maximum Gasteiger partial charge on any atom is 0.221 e. The number of aromatic nitrogens is 1. The molecule has 0 saturated heterocycles. The van der Waals surface area contributed by atoms with E-state index in [1.165, 1.54) is 18.3 Å². The molecule has 0 aliphatic rings. The highest BCUT2D eigenvalue weighted by Crippen LogP contribution is 2.20. The number of thiazole rings is 1. The molecule has 0 spiro atoms. The van der Waals surface area contributed by atoms with E-state index in [2.05, 4.69) is 15.6 Å². The van der Waals surface area contributed by atoms with Crippen molar-refractivity contribution in [1.29, 1.82) is 0 Å². The molecule has 0 saturated carbocycles. The van der Waals surface area contributed by atoms with Crippen LogP contribution in [0.25, 0.3) is 0 Å². The van der Waals surface area contributed by atoms with Gasteiger partial charge in [0.25, 0.3) is 0 Å². The number of carbonyl (C=O) groups is 1. The Balaban J connectivity index is 1.98. The first kappa shape index (κ1) is 12.9. The molecule has 1 aromatic carbocycles. The zero-order chi connectivity index (χ0) is 13.0. The smallest absolute Gasteiger partial charge is 0.221 e. The Labute approximate surface area is 114 Å². The van der Waals surface area contributed by atoms with Gasteiger partial charge in [-0.3, -0.25) is 4.79 Å². The minimum Gasteiger partial charge on any atom is -0.378 e. The number of rotatable bonds is 4. The minimum atomic E-state index is -0.0844. The quantitative estimate of drug-likeness (QED) is 0.903. The zero-order valence-corrected chi connectivity index (χ0v) is 11.3. The number of nitrogens with one attached hydrogen (secondary N) is 2. The number of amides is 1. The number of hydrogen-bond donors (Lipinski definition) is 2. The summed E-state index contributed by atoms with van der Waals surface area (Å²) in [6, 6.07) is 7.52. The first-order chi connectivity index (χ1) is 8.63. The molecule has 1 aromatic heterocycles. The van der Waals surface area contributed by atoms with Crippen molar-refractivity contribution in [2.75, 3.05) is 10.6 Å². The van der Waals surface area contributed by atoms with Gasteiger partial charge in [0.2, 0.25) is 5.91 Å². The van der Waals surface area contributed by atoms with Crippen molar-refractivity contribution in [3.63, 3.8) is 0 Å². The maximum absolute atomic E-state index is 11.0. The molecule has 4 nitrogen and oxygen atoms in total. The fourth-order valence-electron chi connectivity index (χ4n) is 1.46. The maximum atomic E-state index is 11.0. The van der Waals surface area contributed by atoms with Crippen molar-refractivity contribution < 1.29 is 4.79 Å².